The molecule has 104 valence electrons. The Morgan fingerprint density at radius 3 is 2.53 bits per heavy atom. The number of thiocarbonyl (C=S) groups is 1. The van der Waals surface area contributed by atoms with Crippen molar-refractivity contribution in [2.24, 2.45) is 11.1 Å². The molecule has 1 rings (SSSR count). The minimum absolute atomic E-state index is 0.122. The Morgan fingerprint density at radius 2 is 2.11 bits per heavy atom. The van der Waals surface area contributed by atoms with Gasteiger partial charge in [-0.1, -0.05) is 32.1 Å². The molecular weight excluding hydrogens is 258 g/mol. The first kappa shape index (κ1) is 15.6. The van der Waals surface area contributed by atoms with Gasteiger partial charge in [-0.2, -0.15) is 0 Å². The zero-order chi connectivity index (χ0) is 14.5. The van der Waals surface area contributed by atoms with Crippen LogP contribution in [0.2, 0.25) is 0 Å². The largest absolute Gasteiger partial charge is 0.392 e. The molecule has 0 bridgehead atoms. The van der Waals surface area contributed by atoms with Gasteiger partial charge in [0.1, 0.15) is 0 Å². The molecular formula is C14H21N3OS. The van der Waals surface area contributed by atoms with Crippen LogP contribution >= 0.6 is 12.2 Å². The summed E-state index contributed by atoms with van der Waals surface area (Å²) in [6.07, 6.45) is 2.90. The van der Waals surface area contributed by atoms with Crippen molar-refractivity contribution in [3.63, 3.8) is 0 Å². The quantitative estimate of drug-likeness (QED) is 0.784. The molecule has 0 spiro atoms. The highest BCUT2D eigenvalue weighted by atomic mass is 32.1. The average molecular weight is 279 g/mol. The molecule has 0 fully saturated rings. The number of nitrogens with two attached hydrogens (primary N) is 1. The van der Waals surface area contributed by atoms with Gasteiger partial charge in [0, 0.05) is 6.20 Å². The Balaban J connectivity index is 2.86. The number of hydrogen-bond donors (Lipinski definition) is 2. The van der Waals surface area contributed by atoms with Crippen molar-refractivity contribution >= 4 is 23.1 Å². The van der Waals surface area contributed by atoms with Gasteiger partial charge in [0.2, 0.25) is 5.91 Å². The normalized spacial score (nSPS) is 12.8. The van der Waals surface area contributed by atoms with Crippen LogP contribution in [0.1, 0.15) is 45.3 Å². The van der Waals surface area contributed by atoms with E-state index < -0.39 is 5.41 Å². The lowest BCUT2D eigenvalue weighted by molar-refractivity contribution is -0.128. The summed E-state index contributed by atoms with van der Waals surface area (Å²) in [7, 11) is 0. The van der Waals surface area contributed by atoms with Crippen molar-refractivity contribution < 1.29 is 4.79 Å². The maximum Gasteiger partial charge on any atom is 0.233 e. The first-order chi connectivity index (χ1) is 8.97. The first-order valence-electron chi connectivity index (χ1n) is 6.49. The molecule has 1 heterocycles. The van der Waals surface area contributed by atoms with Crippen LogP contribution in [-0.2, 0) is 4.79 Å². The number of pyridine rings is 1. The highest BCUT2D eigenvalue weighted by molar-refractivity contribution is 7.80. The van der Waals surface area contributed by atoms with Gasteiger partial charge in [0.25, 0.3) is 0 Å². The van der Waals surface area contributed by atoms with E-state index in [-0.39, 0.29) is 16.9 Å². The van der Waals surface area contributed by atoms with Crippen molar-refractivity contribution in [2.75, 3.05) is 0 Å². The Labute approximate surface area is 119 Å². The second-order valence-electron chi connectivity index (χ2n) is 4.60. The second-order valence-corrected chi connectivity index (χ2v) is 5.04. The van der Waals surface area contributed by atoms with E-state index in [1.807, 2.05) is 39.0 Å². The molecule has 0 aliphatic carbocycles. The maximum atomic E-state index is 12.4. The molecule has 1 unspecified atom stereocenters. The minimum Gasteiger partial charge on any atom is -0.392 e. The van der Waals surface area contributed by atoms with Crippen molar-refractivity contribution in [2.45, 2.75) is 39.7 Å². The molecule has 0 aliphatic rings. The minimum atomic E-state index is -0.766. The molecule has 4 nitrogen and oxygen atoms in total. The molecule has 1 aromatic heterocycles. The summed E-state index contributed by atoms with van der Waals surface area (Å²) in [6, 6.07) is 5.45. The summed E-state index contributed by atoms with van der Waals surface area (Å²) in [5.41, 5.74) is 5.82. The lowest BCUT2D eigenvalue weighted by Crippen LogP contribution is -2.48. The Kier molecular flexibility index (Phi) is 5.42. The molecule has 0 saturated heterocycles. The fraction of sp³-hybridized carbons (Fsp3) is 0.500. The lowest BCUT2D eigenvalue weighted by Gasteiger charge is -2.30. The van der Waals surface area contributed by atoms with Gasteiger partial charge in [-0.25, -0.2) is 0 Å². The van der Waals surface area contributed by atoms with Crippen LogP contribution in [0, 0.1) is 5.41 Å². The molecule has 0 radical (unpaired) electrons. The van der Waals surface area contributed by atoms with Gasteiger partial charge in [0.15, 0.2) is 0 Å². The molecule has 1 atom stereocenters. The van der Waals surface area contributed by atoms with Gasteiger partial charge in [-0.3, -0.25) is 9.78 Å². The van der Waals surface area contributed by atoms with Gasteiger partial charge < -0.3 is 11.1 Å². The fourth-order valence-corrected chi connectivity index (χ4v) is 2.45. The molecule has 1 aromatic rings. The molecule has 0 aliphatic heterocycles. The number of aromatic nitrogens is 1. The molecule has 0 aromatic carbocycles. The number of rotatable bonds is 6. The van der Waals surface area contributed by atoms with E-state index in [4.69, 9.17) is 18.0 Å². The summed E-state index contributed by atoms with van der Waals surface area (Å²) in [5.74, 6) is -0.122. The number of hydrogen-bond acceptors (Lipinski definition) is 3. The predicted molar refractivity (Wildman–Crippen MR) is 80.6 cm³/mol. The molecule has 5 heteroatoms. The first-order valence-corrected chi connectivity index (χ1v) is 6.90. The van der Waals surface area contributed by atoms with Crippen LogP contribution < -0.4 is 11.1 Å². The number of carbonyl (C=O) groups is 1. The Hall–Kier alpha value is -1.49. The zero-order valence-electron chi connectivity index (χ0n) is 11.6. The van der Waals surface area contributed by atoms with Crippen molar-refractivity contribution in [1.82, 2.24) is 10.3 Å². The molecule has 1 amide bonds. The van der Waals surface area contributed by atoms with E-state index in [0.717, 1.165) is 5.69 Å². The highest BCUT2D eigenvalue weighted by Gasteiger charge is 2.38. The van der Waals surface area contributed by atoms with E-state index in [0.29, 0.717) is 12.8 Å². The summed E-state index contributed by atoms with van der Waals surface area (Å²) in [4.78, 5) is 16.9. The third-order valence-corrected chi connectivity index (χ3v) is 3.98. The number of amides is 1. The van der Waals surface area contributed by atoms with Gasteiger partial charge >= 0.3 is 0 Å². The van der Waals surface area contributed by atoms with E-state index in [1.165, 1.54) is 0 Å². The Bertz CT molecular complexity index is 443. The van der Waals surface area contributed by atoms with E-state index in [9.17, 15) is 4.79 Å². The fourth-order valence-electron chi connectivity index (χ4n) is 2.07. The van der Waals surface area contributed by atoms with E-state index in [2.05, 4.69) is 10.3 Å². The smallest absolute Gasteiger partial charge is 0.233 e. The van der Waals surface area contributed by atoms with Crippen LogP contribution in [0.15, 0.2) is 24.4 Å². The van der Waals surface area contributed by atoms with Crippen LogP contribution in [0.5, 0.6) is 0 Å². The van der Waals surface area contributed by atoms with Gasteiger partial charge in [0.05, 0.1) is 22.1 Å². The van der Waals surface area contributed by atoms with Crippen LogP contribution in [0.4, 0.5) is 0 Å². The number of nitrogens with one attached hydrogen (secondary N) is 1. The average Bonchev–Trinajstić information content (AvgIpc) is 2.41. The SMILES string of the molecule is CCC(CC)(C(=O)NC(C)c1ccccn1)C(N)=S. The molecule has 0 saturated carbocycles. The topological polar surface area (TPSA) is 68.0 Å². The standard InChI is InChI=1S/C14H21N3OS/c1-4-14(5-2,12(15)19)13(18)17-10(3)11-8-6-7-9-16-11/h6-10H,4-5H2,1-3H3,(H2,15,19)(H,17,18). The highest BCUT2D eigenvalue weighted by Crippen LogP contribution is 2.28. The van der Waals surface area contributed by atoms with E-state index in [1.54, 1.807) is 6.20 Å². The summed E-state index contributed by atoms with van der Waals surface area (Å²) < 4.78 is 0. The van der Waals surface area contributed by atoms with Crippen LogP contribution in [-0.4, -0.2) is 15.9 Å². The maximum absolute atomic E-state index is 12.4. The summed E-state index contributed by atoms with van der Waals surface area (Å²) in [6.45, 7) is 5.75. The monoisotopic (exact) mass is 279 g/mol. The van der Waals surface area contributed by atoms with Crippen molar-refractivity contribution in [1.29, 1.82) is 0 Å². The summed E-state index contributed by atoms with van der Waals surface area (Å²) >= 11 is 5.07. The Morgan fingerprint density at radius 1 is 1.47 bits per heavy atom. The second kappa shape index (κ2) is 6.61. The van der Waals surface area contributed by atoms with Crippen LogP contribution in [0.25, 0.3) is 0 Å². The van der Waals surface area contributed by atoms with Gasteiger partial charge in [-0.05, 0) is 31.9 Å². The summed E-state index contributed by atoms with van der Waals surface area (Å²) in [5, 5.41) is 2.95. The molecule has 3 N–H and O–H groups in total. The molecule has 19 heavy (non-hydrogen) atoms. The van der Waals surface area contributed by atoms with Crippen molar-refractivity contribution in [3.05, 3.63) is 30.1 Å². The van der Waals surface area contributed by atoms with Gasteiger partial charge in [-0.15, -0.1) is 0 Å². The van der Waals surface area contributed by atoms with Crippen LogP contribution in [0.3, 0.4) is 0 Å². The predicted octanol–water partition coefficient (Wildman–Crippen LogP) is 2.35. The third kappa shape index (κ3) is 3.29. The zero-order valence-corrected chi connectivity index (χ0v) is 12.5. The number of carbonyl (C=O) groups excluding carboxylic acids is 1. The lowest BCUT2D eigenvalue weighted by atomic mass is 9.81. The third-order valence-electron chi connectivity index (χ3n) is 3.59. The van der Waals surface area contributed by atoms with E-state index >= 15 is 0 Å². The number of nitrogens with zero attached hydrogens (tertiary/aromatic N) is 1. The van der Waals surface area contributed by atoms with Crippen molar-refractivity contribution in [3.8, 4) is 0 Å².